The van der Waals surface area contributed by atoms with Crippen molar-refractivity contribution >= 4 is 30.4 Å². The topological polar surface area (TPSA) is 86.7 Å². The molecule has 1 aromatic rings. The zero-order chi connectivity index (χ0) is 20.8. The number of carboxylic acid groups (broad SMARTS) is 1. The summed E-state index contributed by atoms with van der Waals surface area (Å²) in [4.78, 5) is 38.8. The first-order valence-electron chi connectivity index (χ1n) is 9.80. The van der Waals surface area contributed by atoms with Gasteiger partial charge in [0.1, 0.15) is 12.1 Å². The standard InChI is InChI=1S/C21H30N2O4S/c1-13(2)17(20(25)23-12-8-7-11-16(23)21(26)27)22-19(24)18(28)14(3)15-9-5-4-6-10-15/h4-6,9-10,13-14,16-18,28H,7-8,11-12H2,1-3H3,(H,22,24)(H,26,27)/t14?,16-,17-,18-/m0/s1. The molecule has 0 bridgehead atoms. The molecule has 2 N–H and O–H groups in total. The highest BCUT2D eigenvalue weighted by molar-refractivity contribution is 7.81. The molecule has 1 aliphatic rings. The summed E-state index contributed by atoms with van der Waals surface area (Å²) < 4.78 is 0. The molecular formula is C21H30N2O4S. The van der Waals surface area contributed by atoms with Gasteiger partial charge in [-0.15, -0.1) is 0 Å². The van der Waals surface area contributed by atoms with Crippen LogP contribution in [0.25, 0.3) is 0 Å². The monoisotopic (exact) mass is 406 g/mol. The van der Waals surface area contributed by atoms with Crippen molar-refractivity contribution in [3.8, 4) is 0 Å². The maximum absolute atomic E-state index is 13.1. The molecule has 1 heterocycles. The van der Waals surface area contributed by atoms with E-state index in [1.54, 1.807) is 0 Å². The van der Waals surface area contributed by atoms with E-state index in [9.17, 15) is 19.5 Å². The Hall–Kier alpha value is -2.02. The fraction of sp³-hybridized carbons (Fsp3) is 0.571. The number of carbonyl (C=O) groups is 3. The highest BCUT2D eigenvalue weighted by atomic mass is 32.1. The van der Waals surface area contributed by atoms with Crippen LogP contribution in [-0.4, -0.2) is 51.7 Å². The minimum Gasteiger partial charge on any atom is -0.480 e. The van der Waals surface area contributed by atoms with Crippen LogP contribution in [0, 0.1) is 5.92 Å². The third-order valence-electron chi connectivity index (χ3n) is 5.37. The number of carboxylic acids is 1. The van der Waals surface area contributed by atoms with Gasteiger partial charge in [-0.25, -0.2) is 4.79 Å². The molecular weight excluding hydrogens is 376 g/mol. The molecule has 28 heavy (non-hydrogen) atoms. The highest BCUT2D eigenvalue weighted by Crippen LogP contribution is 2.24. The van der Waals surface area contributed by atoms with Gasteiger partial charge in [-0.2, -0.15) is 12.6 Å². The van der Waals surface area contributed by atoms with E-state index in [0.717, 1.165) is 18.4 Å². The van der Waals surface area contributed by atoms with Gasteiger partial charge in [0.05, 0.1) is 5.25 Å². The first-order valence-corrected chi connectivity index (χ1v) is 10.3. The molecule has 7 heteroatoms. The number of nitrogens with one attached hydrogen (secondary N) is 1. The number of rotatable bonds is 7. The Morgan fingerprint density at radius 1 is 1.14 bits per heavy atom. The number of thiol groups is 1. The fourth-order valence-corrected chi connectivity index (χ4v) is 3.80. The Kier molecular flexibility index (Phi) is 7.92. The smallest absolute Gasteiger partial charge is 0.326 e. The van der Waals surface area contributed by atoms with Crippen LogP contribution in [0.15, 0.2) is 30.3 Å². The SMILES string of the molecule is CC(c1ccccc1)[C@H](S)C(=O)N[C@H](C(=O)N1CCCC[C@H]1C(=O)O)C(C)C. The van der Waals surface area contributed by atoms with E-state index >= 15 is 0 Å². The van der Waals surface area contributed by atoms with E-state index < -0.39 is 23.3 Å². The van der Waals surface area contributed by atoms with E-state index in [0.29, 0.717) is 13.0 Å². The molecule has 154 valence electrons. The summed E-state index contributed by atoms with van der Waals surface area (Å²) in [7, 11) is 0. The molecule has 0 aromatic heterocycles. The molecule has 6 nitrogen and oxygen atoms in total. The zero-order valence-corrected chi connectivity index (χ0v) is 17.6. The van der Waals surface area contributed by atoms with Crippen molar-refractivity contribution < 1.29 is 19.5 Å². The molecule has 0 aliphatic carbocycles. The number of aliphatic carboxylic acids is 1. The lowest BCUT2D eigenvalue weighted by atomic mass is 9.95. The summed E-state index contributed by atoms with van der Waals surface area (Å²) in [6.45, 7) is 6.01. The van der Waals surface area contributed by atoms with E-state index in [-0.39, 0.29) is 23.7 Å². The molecule has 1 aliphatic heterocycles. The first kappa shape index (κ1) is 22.3. The summed E-state index contributed by atoms with van der Waals surface area (Å²) in [6.07, 6.45) is 2.00. The number of hydrogen-bond acceptors (Lipinski definition) is 4. The fourth-order valence-electron chi connectivity index (χ4n) is 3.55. The van der Waals surface area contributed by atoms with Crippen LogP contribution in [0.1, 0.15) is 51.5 Å². The summed E-state index contributed by atoms with van der Waals surface area (Å²) >= 11 is 4.49. The van der Waals surface area contributed by atoms with Crippen molar-refractivity contribution in [1.82, 2.24) is 10.2 Å². The third kappa shape index (κ3) is 5.28. The molecule has 1 saturated heterocycles. The number of hydrogen-bond donors (Lipinski definition) is 3. The van der Waals surface area contributed by atoms with Gasteiger partial charge < -0.3 is 15.3 Å². The average Bonchev–Trinajstić information content (AvgIpc) is 2.70. The summed E-state index contributed by atoms with van der Waals surface area (Å²) in [5, 5.41) is 11.7. The molecule has 2 rings (SSSR count). The second kappa shape index (κ2) is 9.96. The lowest BCUT2D eigenvalue weighted by molar-refractivity contribution is -0.153. The lowest BCUT2D eigenvalue weighted by Gasteiger charge is -2.37. The van der Waals surface area contributed by atoms with Crippen LogP contribution in [-0.2, 0) is 14.4 Å². The number of nitrogens with zero attached hydrogens (tertiary/aromatic N) is 1. The molecule has 0 radical (unpaired) electrons. The molecule has 1 aromatic carbocycles. The summed E-state index contributed by atoms with van der Waals surface area (Å²) in [6, 6.07) is 8.02. The van der Waals surface area contributed by atoms with E-state index in [4.69, 9.17) is 0 Å². The highest BCUT2D eigenvalue weighted by Gasteiger charge is 2.38. The Bertz CT molecular complexity index is 695. The maximum atomic E-state index is 13.1. The predicted octanol–water partition coefficient (Wildman–Crippen LogP) is 2.70. The largest absolute Gasteiger partial charge is 0.480 e. The molecule has 0 spiro atoms. The minimum absolute atomic E-state index is 0.130. The van der Waals surface area contributed by atoms with Crippen LogP contribution in [0.2, 0.25) is 0 Å². The maximum Gasteiger partial charge on any atom is 0.326 e. The summed E-state index contributed by atoms with van der Waals surface area (Å²) in [5.41, 5.74) is 0.993. The van der Waals surface area contributed by atoms with Gasteiger partial charge in [-0.1, -0.05) is 51.1 Å². The number of carbonyl (C=O) groups excluding carboxylic acids is 2. The van der Waals surface area contributed by atoms with Gasteiger partial charge in [-0.3, -0.25) is 9.59 Å². The van der Waals surface area contributed by atoms with E-state index in [2.05, 4.69) is 17.9 Å². The molecule has 1 unspecified atom stereocenters. The van der Waals surface area contributed by atoms with Gasteiger partial charge in [-0.05, 0) is 30.7 Å². The van der Waals surface area contributed by atoms with Crippen LogP contribution in [0.4, 0.5) is 0 Å². The van der Waals surface area contributed by atoms with Crippen LogP contribution in [0.5, 0.6) is 0 Å². The summed E-state index contributed by atoms with van der Waals surface area (Å²) in [5.74, 6) is -1.94. The number of likely N-dealkylation sites (tertiary alicyclic amines) is 1. The van der Waals surface area contributed by atoms with Gasteiger partial charge in [0.25, 0.3) is 0 Å². The quantitative estimate of drug-likeness (QED) is 0.608. The lowest BCUT2D eigenvalue weighted by Crippen LogP contribution is -2.58. The van der Waals surface area contributed by atoms with Gasteiger partial charge >= 0.3 is 5.97 Å². The number of amides is 2. The van der Waals surface area contributed by atoms with Gasteiger partial charge in [0, 0.05) is 12.5 Å². The zero-order valence-electron chi connectivity index (χ0n) is 16.7. The molecule has 2 amide bonds. The van der Waals surface area contributed by atoms with Gasteiger partial charge in [0.2, 0.25) is 11.8 Å². The van der Waals surface area contributed by atoms with E-state index in [1.165, 1.54) is 4.90 Å². The number of piperidine rings is 1. The normalized spacial score (nSPS) is 20.3. The van der Waals surface area contributed by atoms with Crippen LogP contribution in [0.3, 0.4) is 0 Å². The second-order valence-corrected chi connectivity index (χ2v) is 8.31. The van der Waals surface area contributed by atoms with Crippen LogP contribution < -0.4 is 5.32 Å². The van der Waals surface area contributed by atoms with E-state index in [1.807, 2.05) is 51.1 Å². The van der Waals surface area contributed by atoms with Crippen molar-refractivity contribution in [3.05, 3.63) is 35.9 Å². The Morgan fingerprint density at radius 3 is 2.36 bits per heavy atom. The van der Waals surface area contributed by atoms with Crippen LogP contribution >= 0.6 is 12.6 Å². The Labute approximate surface area is 172 Å². The second-order valence-electron chi connectivity index (χ2n) is 7.76. The molecule has 4 atom stereocenters. The Morgan fingerprint density at radius 2 is 1.79 bits per heavy atom. The van der Waals surface area contributed by atoms with Crippen molar-refractivity contribution in [2.75, 3.05) is 6.54 Å². The molecule has 1 fully saturated rings. The predicted molar refractivity (Wildman–Crippen MR) is 111 cm³/mol. The van der Waals surface area contributed by atoms with Crippen molar-refractivity contribution in [1.29, 1.82) is 0 Å². The Balaban J connectivity index is 2.11. The van der Waals surface area contributed by atoms with Crippen molar-refractivity contribution in [2.24, 2.45) is 5.92 Å². The van der Waals surface area contributed by atoms with Crippen molar-refractivity contribution in [3.63, 3.8) is 0 Å². The van der Waals surface area contributed by atoms with Gasteiger partial charge in [0.15, 0.2) is 0 Å². The number of benzene rings is 1. The third-order valence-corrected chi connectivity index (χ3v) is 6.05. The molecule has 0 saturated carbocycles. The average molecular weight is 407 g/mol. The van der Waals surface area contributed by atoms with Crippen molar-refractivity contribution in [2.45, 2.75) is 63.3 Å². The first-order chi connectivity index (χ1) is 13.2. The minimum atomic E-state index is -0.994.